The van der Waals surface area contributed by atoms with Gasteiger partial charge in [0.25, 0.3) is 0 Å². The summed E-state index contributed by atoms with van der Waals surface area (Å²) >= 11 is 0. The fraction of sp³-hybridized carbons (Fsp3) is 0.471. The van der Waals surface area contributed by atoms with Crippen LogP contribution in [0.15, 0.2) is 30.6 Å². The third kappa shape index (κ3) is 3.12. The zero-order valence-electron chi connectivity index (χ0n) is 13.8. The topological polar surface area (TPSA) is 91.5 Å². The molecule has 1 saturated heterocycles. The van der Waals surface area contributed by atoms with Gasteiger partial charge in [0.15, 0.2) is 5.69 Å². The van der Waals surface area contributed by atoms with Gasteiger partial charge in [-0.05, 0) is 31.5 Å². The predicted molar refractivity (Wildman–Crippen MR) is 89.3 cm³/mol. The summed E-state index contributed by atoms with van der Waals surface area (Å²) in [6, 6.07) is 5.28. The molecule has 0 saturated carbocycles. The van der Waals surface area contributed by atoms with E-state index < -0.39 is 5.97 Å². The molecule has 1 fully saturated rings. The van der Waals surface area contributed by atoms with Gasteiger partial charge in [0.1, 0.15) is 5.82 Å². The van der Waals surface area contributed by atoms with Gasteiger partial charge < -0.3 is 15.1 Å². The quantitative estimate of drug-likeness (QED) is 0.868. The van der Waals surface area contributed by atoms with Crippen molar-refractivity contribution in [1.82, 2.24) is 14.8 Å². The lowest BCUT2D eigenvalue weighted by Gasteiger charge is -2.17. The molecule has 2 N–H and O–H groups in total. The zero-order chi connectivity index (χ0) is 17.3. The van der Waals surface area contributed by atoms with E-state index in [0.717, 1.165) is 5.56 Å². The van der Waals surface area contributed by atoms with Crippen molar-refractivity contribution in [3.63, 3.8) is 0 Å². The number of aliphatic hydroxyl groups excluding tert-OH is 1. The van der Waals surface area contributed by atoms with Crippen LogP contribution >= 0.6 is 0 Å². The Balaban J connectivity index is 1.83. The van der Waals surface area contributed by atoms with Crippen LogP contribution in [0, 0.1) is 5.92 Å². The first-order valence-corrected chi connectivity index (χ1v) is 8.09. The second kappa shape index (κ2) is 6.60. The van der Waals surface area contributed by atoms with E-state index in [1.807, 2.05) is 22.0 Å². The first-order chi connectivity index (χ1) is 11.5. The van der Waals surface area contributed by atoms with Crippen molar-refractivity contribution >= 4 is 11.8 Å². The van der Waals surface area contributed by atoms with Gasteiger partial charge in [-0.2, -0.15) is 5.10 Å². The smallest absolute Gasteiger partial charge is 0.354 e. The normalized spacial score (nSPS) is 20.8. The third-order valence-electron chi connectivity index (χ3n) is 4.53. The van der Waals surface area contributed by atoms with Gasteiger partial charge in [0.2, 0.25) is 0 Å². The van der Waals surface area contributed by atoms with Crippen LogP contribution in [0.4, 0.5) is 5.82 Å². The Kier molecular flexibility index (Phi) is 4.53. The standard InChI is InChI=1S/C17H22N4O3/c1-11(2)21-8-12(6-18-21)14-9-20(7-13(14)10-22)16-5-3-4-15(19-16)17(23)24/h3-6,8,11,13-14,22H,7,9-10H2,1-2H3,(H,23,24)/t13-,14-/m0/s1. The molecule has 3 rings (SSSR count). The maximum atomic E-state index is 11.1. The van der Waals surface area contributed by atoms with Crippen LogP contribution in [-0.2, 0) is 0 Å². The Morgan fingerprint density at radius 3 is 2.79 bits per heavy atom. The molecule has 3 heterocycles. The number of rotatable bonds is 5. The monoisotopic (exact) mass is 330 g/mol. The average Bonchev–Trinajstić information content (AvgIpc) is 3.21. The molecule has 1 aliphatic heterocycles. The lowest BCUT2D eigenvalue weighted by molar-refractivity contribution is 0.0690. The number of carboxylic acids is 1. The average molecular weight is 330 g/mol. The van der Waals surface area contributed by atoms with Crippen LogP contribution in [0.3, 0.4) is 0 Å². The van der Waals surface area contributed by atoms with Crippen molar-refractivity contribution in [3.8, 4) is 0 Å². The summed E-state index contributed by atoms with van der Waals surface area (Å²) in [6.45, 7) is 5.55. The summed E-state index contributed by atoms with van der Waals surface area (Å²) in [7, 11) is 0. The Labute approximate surface area is 140 Å². The highest BCUT2D eigenvalue weighted by molar-refractivity contribution is 5.85. The number of carboxylic acid groups (broad SMARTS) is 1. The van der Waals surface area contributed by atoms with E-state index >= 15 is 0 Å². The maximum absolute atomic E-state index is 11.1. The van der Waals surface area contributed by atoms with Crippen LogP contribution in [0.1, 0.15) is 41.9 Å². The lowest BCUT2D eigenvalue weighted by atomic mass is 9.92. The van der Waals surface area contributed by atoms with Crippen molar-refractivity contribution in [1.29, 1.82) is 0 Å². The van der Waals surface area contributed by atoms with E-state index in [4.69, 9.17) is 5.11 Å². The molecule has 128 valence electrons. The van der Waals surface area contributed by atoms with Crippen molar-refractivity contribution in [2.45, 2.75) is 25.8 Å². The summed E-state index contributed by atoms with van der Waals surface area (Å²) in [5.41, 5.74) is 1.13. The molecular formula is C17H22N4O3. The number of aliphatic hydroxyl groups is 1. The number of aromatic nitrogens is 3. The predicted octanol–water partition coefficient (Wildman–Crippen LogP) is 1.77. The van der Waals surface area contributed by atoms with E-state index in [0.29, 0.717) is 18.9 Å². The van der Waals surface area contributed by atoms with Gasteiger partial charge >= 0.3 is 5.97 Å². The highest BCUT2D eigenvalue weighted by atomic mass is 16.4. The molecule has 7 nitrogen and oxygen atoms in total. The molecule has 0 unspecified atom stereocenters. The molecule has 0 aliphatic carbocycles. The Bertz CT molecular complexity index is 728. The zero-order valence-corrected chi connectivity index (χ0v) is 13.8. The summed E-state index contributed by atoms with van der Waals surface area (Å²) in [5, 5.41) is 23.2. The summed E-state index contributed by atoms with van der Waals surface area (Å²) in [5.74, 6) is -0.181. The second-order valence-electron chi connectivity index (χ2n) is 6.49. The highest BCUT2D eigenvalue weighted by Gasteiger charge is 2.35. The Morgan fingerprint density at radius 1 is 1.38 bits per heavy atom. The number of hydrogen-bond acceptors (Lipinski definition) is 5. The second-order valence-corrected chi connectivity index (χ2v) is 6.49. The summed E-state index contributed by atoms with van der Waals surface area (Å²) in [4.78, 5) is 17.3. The van der Waals surface area contributed by atoms with Gasteiger partial charge in [-0.1, -0.05) is 6.07 Å². The SMILES string of the molecule is CC(C)n1cc([C@@H]2CN(c3cccc(C(=O)O)n3)C[C@H]2CO)cn1. The van der Waals surface area contributed by atoms with Crippen LogP contribution in [0.5, 0.6) is 0 Å². The van der Waals surface area contributed by atoms with Crippen molar-refractivity contribution in [2.24, 2.45) is 5.92 Å². The lowest BCUT2D eigenvalue weighted by Crippen LogP contribution is -2.22. The highest BCUT2D eigenvalue weighted by Crippen LogP contribution is 2.34. The van der Waals surface area contributed by atoms with Gasteiger partial charge in [-0.25, -0.2) is 9.78 Å². The van der Waals surface area contributed by atoms with Gasteiger partial charge in [-0.3, -0.25) is 4.68 Å². The molecule has 0 spiro atoms. The molecule has 2 aromatic rings. The number of pyridine rings is 1. The Hall–Kier alpha value is -2.41. The fourth-order valence-electron chi connectivity index (χ4n) is 3.17. The van der Waals surface area contributed by atoms with E-state index in [9.17, 15) is 9.90 Å². The maximum Gasteiger partial charge on any atom is 0.354 e. The number of aromatic carboxylic acids is 1. The minimum Gasteiger partial charge on any atom is -0.477 e. The van der Waals surface area contributed by atoms with Crippen LogP contribution in [0.25, 0.3) is 0 Å². The molecule has 24 heavy (non-hydrogen) atoms. The largest absolute Gasteiger partial charge is 0.477 e. The van der Waals surface area contributed by atoms with Crippen molar-refractivity contribution in [3.05, 3.63) is 41.9 Å². The molecule has 2 aromatic heterocycles. The summed E-state index contributed by atoms with van der Waals surface area (Å²) in [6.07, 6.45) is 3.89. The van der Waals surface area contributed by atoms with E-state index in [2.05, 4.69) is 23.9 Å². The van der Waals surface area contributed by atoms with Gasteiger partial charge in [-0.15, -0.1) is 0 Å². The van der Waals surface area contributed by atoms with Gasteiger partial charge in [0, 0.05) is 43.8 Å². The third-order valence-corrected chi connectivity index (χ3v) is 4.53. The van der Waals surface area contributed by atoms with E-state index in [1.54, 1.807) is 12.1 Å². The molecule has 0 amide bonds. The molecule has 2 atom stereocenters. The van der Waals surface area contributed by atoms with Crippen LogP contribution in [-0.4, -0.2) is 50.6 Å². The molecule has 0 aromatic carbocycles. The van der Waals surface area contributed by atoms with Gasteiger partial charge in [0.05, 0.1) is 6.20 Å². The van der Waals surface area contributed by atoms with E-state index in [-0.39, 0.29) is 30.2 Å². The molecule has 0 bridgehead atoms. The number of anilines is 1. The minimum atomic E-state index is -1.04. The van der Waals surface area contributed by atoms with Crippen molar-refractivity contribution < 1.29 is 15.0 Å². The molecular weight excluding hydrogens is 308 g/mol. The summed E-state index contributed by atoms with van der Waals surface area (Å²) < 4.78 is 1.91. The number of hydrogen-bond donors (Lipinski definition) is 2. The number of nitrogens with zero attached hydrogens (tertiary/aromatic N) is 4. The first kappa shape index (κ1) is 16.4. The van der Waals surface area contributed by atoms with Crippen LogP contribution in [0.2, 0.25) is 0 Å². The van der Waals surface area contributed by atoms with Crippen molar-refractivity contribution in [2.75, 3.05) is 24.6 Å². The fourth-order valence-corrected chi connectivity index (χ4v) is 3.17. The Morgan fingerprint density at radius 2 is 2.17 bits per heavy atom. The van der Waals surface area contributed by atoms with E-state index in [1.165, 1.54) is 6.07 Å². The molecule has 7 heteroatoms. The molecule has 0 radical (unpaired) electrons. The van der Waals surface area contributed by atoms with Crippen LogP contribution < -0.4 is 4.90 Å². The molecule has 1 aliphatic rings. The number of carbonyl (C=O) groups is 1. The minimum absolute atomic E-state index is 0.0316. The first-order valence-electron chi connectivity index (χ1n) is 8.09.